The number of thioether (sulfide) groups is 1. The molecular formula is C15H26N2OS. The highest BCUT2D eigenvalue weighted by Crippen LogP contribution is 2.13. The lowest BCUT2D eigenvalue weighted by Gasteiger charge is -2.26. The molecule has 1 aromatic rings. The number of hydrogen-bond donors (Lipinski definition) is 1. The first-order chi connectivity index (χ1) is 9.38. The summed E-state index contributed by atoms with van der Waals surface area (Å²) in [4.78, 5) is 2.59. The molecule has 3 nitrogen and oxygen atoms in total. The van der Waals surface area contributed by atoms with Gasteiger partial charge in [-0.05, 0) is 63.8 Å². The first-order valence-corrected chi connectivity index (χ1v) is 8.77. The molecule has 0 bridgehead atoms. The highest BCUT2D eigenvalue weighted by molar-refractivity contribution is 7.97. The van der Waals surface area contributed by atoms with Gasteiger partial charge < -0.3 is 14.6 Å². The van der Waals surface area contributed by atoms with Crippen LogP contribution in [0.1, 0.15) is 37.2 Å². The summed E-state index contributed by atoms with van der Waals surface area (Å²) in [7, 11) is 0. The molecule has 19 heavy (non-hydrogen) atoms. The second kappa shape index (κ2) is 8.67. The maximum absolute atomic E-state index is 5.73. The molecule has 4 heteroatoms. The van der Waals surface area contributed by atoms with Crippen molar-refractivity contribution in [3.8, 4) is 0 Å². The van der Waals surface area contributed by atoms with Crippen molar-refractivity contribution in [1.29, 1.82) is 0 Å². The summed E-state index contributed by atoms with van der Waals surface area (Å²) in [6.07, 6.45) is 7.53. The molecule has 1 fully saturated rings. The Balaban J connectivity index is 1.53. The number of furan rings is 1. The van der Waals surface area contributed by atoms with Gasteiger partial charge in [-0.15, -0.1) is 0 Å². The minimum Gasteiger partial charge on any atom is -0.464 e. The molecule has 0 unspecified atom stereocenters. The lowest BCUT2D eigenvalue weighted by molar-refractivity contribution is 0.225. The Labute approximate surface area is 121 Å². The summed E-state index contributed by atoms with van der Waals surface area (Å²) < 4.78 is 5.73. The van der Waals surface area contributed by atoms with Gasteiger partial charge in [0.15, 0.2) is 0 Å². The minimum atomic E-state index is 0.856. The van der Waals surface area contributed by atoms with E-state index in [9.17, 15) is 0 Å². The Hall–Kier alpha value is -0.450. The molecule has 1 aliphatic heterocycles. The third-order valence-corrected chi connectivity index (χ3v) is 4.15. The molecule has 2 rings (SSSR count). The van der Waals surface area contributed by atoms with Crippen LogP contribution in [0.15, 0.2) is 16.5 Å². The van der Waals surface area contributed by atoms with Crippen molar-refractivity contribution in [2.24, 2.45) is 0 Å². The van der Waals surface area contributed by atoms with Crippen molar-refractivity contribution in [2.45, 2.75) is 38.0 Å². The standard InChI is InChI=1S/C15H26N2OS/c1-19-13-15-7-6-14(18-15)12-16-8-5-11-17-9-3-2-4-10-17/h6-7,16H,2-5,8-13H2,1H3. The topological polar surface area (TPSA) is 28.4 Å². The van der Waals surface area contributed by atoms with Gasteiger partial charge in [-0.25, -0.2) is 0 Å². The molecule has 0 aliphatic carbocycles. The molecule has 108 valence electrons. The molecule has 1 saturated heterocycles. The minimum absolute atomic E-state index is 0.856. The van der Waals surface area contributed by atoms with Gasteiger partial charge in [0.1, 0.15) is 11.5 Å². The molecule has 1 N–H and O–H groups in total. The summed E-state index contributed by atoms with van der Waals surface area (Å²) >= 11 is 1.80. The first-order valence-electron chi connectivity index (χ1n) is 7.38. The van der Waals surface area contributed by atoms with E-state index < -0.39 is 0 Å². The lowest BCUT2D eigenvalue weighted by Crippen LogP contribution is -2.32. The van der Waals surface area contributed by atoms with Crippen LogP contribution >= 0.6 is 11.8 Å². The Kier molecular flexibility index (Phi) is 6.82. The number of nitrogens with one attached hydrogen (secondary N) is 1. The van der Waals surface area contributed by atoms with E-state index in [4.69, 9.17) is 4.42 Å². The van der Waals surface area contributed by atoms with Crippen LogP contribution in [0, 0.1) is 0 Å². The zero-order valence-electron chi connectivity index (χ0n) is 12.0. The van der Waals surface area contributed by atoms with Crippen molar-refractivity contribution in [3.63, 3.8) is 0 Å². The van der Waals surface area contributed by atoms with Crippen LogP contribution in [0.25, 0.3) is 0 Å². The summed E-state index contributed by atoms with van der Waals surface area (Å²) in [5, 5.41) is 3.47. The normalized spacial score (nSPS) is 16.9. The molecule has 0 atom stereocenters. The zero-order chi connectivity index (χ0) is 13.3. The third-order valence-electron chi connectivity index (χ3n) is 3.58. The molecule has 0 saturated carbocycles. The average Bonchev–Trinajstić information content (AvgIpc) is 2.88. The first kappa shape index (κ1) is 14.9. The Bertz CT molecular complexity index is 348. The van der Waals surface area contributed by atoms with Gasteiger partial charge in [-0.3, -0.25) is 0 Å². The van der Waals surface area contributed by atoms with Crippen molar-refractivity contribution >= 4 is 11.8 Å². The third kappa shape index (κ3) is 5.59. The van der Waals surface area contributed by atoms with Gasteiger partial charge in [-0.2, -0.15) is 11.8 Å². The second-order valence-electron chi connectivity index (χ2n) is 5.23. The molecule has 0 aromatic carbocycles. The highest BCUT2D eigenvalue weighted by atomic mass is 32.2. The van der Waals surface area contributed by atoms with Gasteiger partial charge in [-0.1, -0.05) is 6.42 Å². The molecule has 2 heterocycles. The SMILES string of the molecule is CSCc1ccc(CNCCCN2CCCCC2)o1. The summed E-state index contributed by atoms with van der Waals surface area (Å²) in [5.41, 5.74) is 0. The summed E-state index contributed by atoms with van der Waals surface area (Å²) in [6, 6.07) is 4.17. The Morgan fingerprint density at radius 3 is 2.79 bits per heavy atom. The van der Waals surface area contributed by atoms with E-state index in [0.717, 1.165) is 30.4 Å². The maximum Gasteiger partial charge on any atom is 0.117 e. The van der Waals surface area contributed by atoms with E-state index in [0.29, 0.717) is 0 Å². The van der Waals surface area contributed by atoms with Crippen LogP contribution < -0.4 is 5.32 Å². The van der Waals surface area contributed by atoms with Crippen molar-refractivity contribution in [3.05, 3.63) is 23.7 Å². The van der Waals surface area contributed by atoms with E-state index in [-0.39, 0.29) is 0 Å². The maximum atomic E-state index is 5.73. The van der Waals surface area contributed by atoms with Crippen LogP contribution in [-0.4, -0.2) is 37.3 Å². The van der Waals surface area contributed by atoms with Crippen molar-refractivity contribution in [1.82, 2.24) is 10.2 Å². The monoisotopic (exact) mass is 282 g/mol. The summed E-state index contributed by atoms with van der Waals surface area (Å²) in [5.74, 6) is 3.11. The average molecular weight is 282 g/mol. The predicted molar refractivity (Wildman–Crippen MR) is 82.5 cm³/mol. The number of likely N-dealkylation sites (tertiary alicyclic amines) is 1. The number of nitrogens with zero attached hydrogens (tertiary/aromatic N) is 1. The van der Waals surface area contributed by atoms with E-state index in [1.54, 1.807) is 11.8 Å². The van der Waals surface area contributed by atoms with E-state index in [2.05, 4.69) is 28.6 Å². The van der Waals surface area contributed by atoms with Gasteiger partial charge in [0.2, 0.25) is 0 Å². The highest BCUT2D eigenvalue weighted by Gasteiger charge is 2.08. The number of rotatable bonds is 8. The van der Waals surface area contributed by atoms with E-state index in [1.807, 2.05) is 0 Å². The number of hydrogen-bond acceptors (Lipinski definition) is 4. The van der Waals surface area contributed by atoms with Crippen LogP contribution in [0.4, 0.5) is 0 Å². The fourth-order valence-electron chi connectivity index (χ4n) is 2.56. The Morgan fingerprint density at radius 1 is 1.21 bits per heavy atom. The molecule has 0 spiro atoms. The van der Waals surface area contributed by atoms with Crippen LogP contribution in [-0.2, 0) is 12.3 Å². The second-order valence-corrected chi connectivity index (χ2v) is 6.10. The van der Waals surface area contributed by atoms with Crippen LogP contribution in [0.5, 0.6) is 0 Å². The molecular weight excluding hydrogens is 256 g/mol. The van der Waals surface area contributed by atoms with Crippen LogP contribution in [0.2, 0.25) is 0 Å². The fourth-order valence-corrected chi connectivity index (χ4v) is 3.00. The number of piperidine rings is 1. The van der Waals surface area contributed by atoms with Gasteiger partial charge in [0.25, 0.3) is 0 Å². The summed E-state index contributed by atoms with van der Waals surface area (Å²) in [6.45, 7) is 5.78. The smallest absolute Gasteiger partial charge is 0.117 e. The fraction of sp³-hybridized carbons (Fsp3) is 0.733. The molecule has 0 radical (unpaired) electrons. The molecule has 1 aromatic heterocycles. The van der Waals surface area contributed by atoms with E-state index in [1.165, 1.54) is 45.3 Å². The quantitative estimate of drug-likeness (QED) is 0.742. The predicted octanol–water partition coefficient (Wildman–Crippen LogP) is 3.11. The lowest BCUT2D eigenvalue weighted by atomic mass is 10.1. The Morgan fingerprint density at radius 2 is 2.00 bits per heavy atom. The van der Waals surface area contributed by atoms with Crippen LogP contribution in [0.3, 0.4) is 0 Å². The largest absolute Gasteiger partial charge is 0.464 e. The van der Waals surface area contributed by atoms with E-state index >= 15 is 0 Å². The van der Waals surface area contributed by atoms with Crippen molar-refractivity contribution < 1.29 is 4.42 Å². The molecule has 0 amide bonds. The van der Waals surface area contributed by atoms with Crippen molar-refractivity contribution in [2.75, 3.05) is 32.4 Å². The van der Waals surface area contributed by atoms with Gasteiger partial charge in [0.05, 0.1) is 12.3 Å². The van der Waals surface area contributed by atoms with Gasteiger partial charge in [0, 0.05) is 0 Å². The zero-order valence-corrected chi connectivity index (χ0v) is 12.8. The molecule has 1 aliphatic rings. The van der Waals surface area contributed by atoms with Gasteiger partial charge >= 0.3 is 0 Å².